The van der Waals surface area contributed by atoms with Crippen molar-refractivity contribution in [1.29, 1.82) is 0 Å². The first kappa shape index (κ1) is 75.1. The summed E-state index contributed by atoms with van der Waals surface area (Å²) < 4.78 is 16.9. The molecule has 0 heterocycles. The summed E-state index contributed by atoms with van der Waals surface area (Å²) in [6.07, 6.45) is 91.0. The quantitative estimate of drug-likeness (QED) is 0.0261. The molecule has 0 aliphatic rings. The van der Waals surface area contributed by atoms with Crippen LogP contribution in [0.15, 0.2) is 109 Å². The Hall–Kier alpha value is -3.93. The van der Waals surface area contributed by atoms with Gasteiger partial charge in [-0.2, -0.15) is 0 Å². The van der Waals surface area contributed by atoms with Crippen molar-refractivity contribution in [2.45, 2.75) is 322 Å². The van der Waals surface area contributed by atoms with Crippen LogP contribution < -0.4 is 0 Å². The highest BCUT2D eigenvalue weighted by atomic mass is 16.6. The highest BCUT2D eigenvalue weighted by molar-refractivity contribution is 5.71. The summed E-state index contributed by atoms with van der Waals surface area (Å²) in [5, 5.41) is 0. The summed E-state index contributed by atoms with van der Waals surface area (Å²) in [5.41, 5.74) is 0. The van der Waals surface area contributed by atoms with Crippen LogP contribution in [-0.4, -0.2) is 37.2 Å². The van der Waals surface area contributed by atoms with Crippen LogP contribution in [0.2, 0.25) is 0 Å². The van der Waals surface area contributed by atoms with Crippen molar-refractivity contribution >= 4 is 17.9 Å². The first-order valence-corrected chi connectivity index (χ1v) is 33.4. The highest BCUT2D eigenvalue weighted by Crippen LogP contribution is 2.16. The molecule has 6 heteroatoms. The maximum absolute atomic E-state index is 12.9. The predicted octanol–water partition coefficient (Wildman–Crippen LogP) is 23.0. The lowest BCUT2D eigenvalue weighted by Gasteiger charge is -2.18. The van der Waals surface area contributed by atoms with Gasteiger partial charge in [0.05, 0.1) is 0 Å². The average molecular weight is 1100 g/mol. The molecule has 0 fully saturated rings. The van der Waals surface area contributed by atoms with Gasteiger partial charge in [-0.25, -0.2) is 0 Å². The number of carbonyl (C=O) groups excluding carboxylic acids is 3. The van der Waals surface area contributed by atoms with Gasteiger partial charge in [-0.3, -0.25) is 14.4 Å². The summed E-state index contributed by atoms with van der Waals surface area (Å²) in [6.45, 7) is 6.51. The minimum atomic E-state index is -0.783. The number of carbonyl (C=O) groups is 3. The van der Waals surface area contributed by atoms with Crippen molar-refractivity contribution in [2.75, 3.05) is 13.2 Å². The summed E-state index contributed by atoms with van der Waals surface area (Å²) in [5.74, 6) is -0.880. The molecule has 0 amide bonds. The molecule has 0 N–H and O–H groups in total. The fourth-order valence-electron chi connectivity index (χ4n) is 9.28. The Bertz CT molecular complexity index is 1590. The molecule has 0 aromatic heterocycles. The van der Waals surface area contributed by atoms with Crippen molar-refractivity contribution in [3.8, 4) is 0 Å². The number of ether oxygens (including phenoxy) is 3. The van der Waals surface area contributed by atoms with Gasteiger partial charge in [0, 0.05) is 19.3 Å². The second-order valence-electron chi connectivity index (χ2n) is 22.0. The molecule has 1 unspecified atom stereocenters. The van der Waals surface area contributed by atoms with Gasteiger partial charge in [0.1, 0.15) is 13.2 Å². The summed E-state index contributed by atoms with van der Waals surface area (Å²) in [7, 11) is 0. The molecule has 0 aliphatic heterocycles. The molecule has 0 aromatic rings. The molecule has 0 bridgehead atoms. The van der Waals surface area contributed by atoms with E-state index in [1.165, 1.54) is 161 Å². The summed E-state index contributed by atoms with van der Waals surface area (Å²) in [6, 6.07) is 0. The minimum Gasteiger partial charge on any atom is -0.462 e. The van der Waals surface area contributed by atoms with Gasteiger partial charge in [-0.05, 0) is 109 Å². The Morgan fingerprint density at radius 1 is 0.266 bits per heavy atom. The average Bonchev–Trinajstić information content (AvgIpc) is 3.45. The van der Waals surface area contributed by atoms with Crippen LogP contribution in [0.5, 0.6) is 0 Å². The Morgan fingerprint density at radius 2 is 0.494 bits per heavy atom. The maximum Gasteiger partial charge on any atom is 0.306 e. The first-order valence-electron chi connectivity index (χ1n) is 33.4. The smallest absolute Gasteiger partial charge is 0.306 e. The first-order chi connectivity index (χ1) is 39.0. The van der Waals surface area contributed by atoms with Crippen LogP contribution in [0.3, 0.4) is 0 Å². The molecule has 0 saturated heterocycles. The Balaban J connectivity index is 4.25. The maximum atomic E-state index is 12.9. The number of hydrogen-bond acceptors (Lipinski definition) is 6. The van der Waals surface area contributed by atoms with Gasteiger partial charge in [-0.15, -0.1) is 0 Å². The second-order valence-corrected chi connectivity index (χ2v) is 22.0. The molecule has 0 saturated carbocycles. The van der Waals surface area contributed by atoms with Crippen LogP contribution >= 0.6 is 0 Å². The van der Waals surface area contributed by atoms with E-state index in [1.807, 2.05) is 0 Å². The standard InChI is InChI=1S/C73H124O6/c1-4-7-10-13-16-19-22-24-26-28-30-31-32-33-34-35-36-37-38-39-40-41-43-44-46-48-51-54-57-60-63-66-72(75)78-69-70(68-77-71(74)65-62-59-56-53-50-21-18-15-12-9-6-3)79-73(76)67-64-61-58-55-52-49-47-45-42-29-27-25-23-20-17-14-11-8-5-2/h7,10,16-17,19-20,24-27,30-31,33-34,36-37,39-40,70H,4-6,8-9,11-15,18,21-23,28-29,32,35,38,41-69H2,1-3H3/b10-7-,19-16-,20-17-,26-24-,27-25-,31-30-,34-33-,37-36-,40-39-. The zero-order chi connectivity index (χ0) is 57.1. The van der Waals surface area contributed by atoms with Gasteiger partial charge in [-0.1, -0.05) is 297 Å². The van der Waals surface area contributed by atoms with Crippen molar-refractivity contribution in [2.24, 2.45) is 0 Å². The number of unbranched alkanes of at least 4 members (excludes halogenated alkanes) is 31. The summed E-state index contributed by atoms with van der Waals surface area (Å²) in [4.78, 5) is 38.3. The van der Waals surface area contributed by atoms with Crippen molar-refractivity contribution < 1.29 is 28.6 Å². The van der Waals surface area contributed by atoms with E-state index in [0.717, 1.165) is 116 Å². The molecular weight excluding hydrogens is 973 g/mol. The van der Waals surface area contributed by atoms with E-state index >= 15 is 0 Å². The van der Waals surface area contributed by atoms with E-state index in [-0.39, 0.29) is 31.1 Å². The van der Waals surface area contributed by atoms with E-state index in [0.29, 0.717) is 19.3 Å². The lowest BCUT2D eigenvalue weighted by atomic mass is 10.1. The molecule has 0 aliphatic carbocycles. The topological polar surface area (TPSA) is 78.9 Å². The fourth-order valence-corrected chi connectivity index (χ4v) is 9.28. The van der Waals surface area contributed by atoms with Crippen LogP contribution in [-0.2, 0) is 28.6 Å². The zero-order valence-corrected chi connectivity index (χ0v) is 51.9. The van der Waals surface area contributed by atoms with Crippen LogP contribution in [0.4, 0.5) is 0 Å². The largest absolute Gasteiger partial charge is 0.462 e. The lowest BCUT2D eigenvalue weighted by Crippen LogP contribution is -2.30. The molecule has 1 atom stereocenters. The van der Waals surface area contributed by atoms with Gasteiger partial charge in [0.2, 0.25) is 0 Å². The van der Waals surface area contributed by atoms with Crippen molar-refractivity contribution in [3.05, 3.63) is 109 Å². The van der Waals surface area contributed by atoms with Crippen LogP contribution in [0.25, 0.3) is 0 Å². The summed E-state index contributed by atoms with van der Waals surface area (Å²) >= 11 is 0. The normalized spacial score (nSPS) is 12.8. The number of hydrogen-bond donors (Lipinski definition) is 0. The third-order valence-corrected chi connectivity index (χ3v) is 14.3. The fraction of sp³-hybridized carbons (Fsp3) is 0.712. The highest BCUT2D eigenvalue weighted by Gasteiger charge is 2.19. The van der Waals surface area contributed by atoms with Crippen molar-refractivity contribution in [3.63, 3.8) is 0 Å². The Morgan fingerprint density at radius 3 is 0.797 bits per heavy atom. The zero-order valence-electron chi connectivity index (χ0n) is 51.9. The molecule has 6 nitrogen and oxygen atoms in total. The number of allylic oxidation sites excluding steroid dienone is 18. The predicted molar refractivity (Wildman–Crippen MR) is 343 cm³/mol. The van der Waals surface area contributed by atoms with E-state index in [2.05, 4.69) is 130 Å². The van der Waals surface area contributed by atoms with Gasteiger partial charge < -0.3 is 14.2 Å². The van der Waals surface area contributed by atoms with Crippen LogP contribution in [0, 0.1) is 0 Å². The monoisotopic (exact) mass is 1100 g/mol. The van der Waals surface area contributed by atoms with Gasteiger partial charge in [0.25, 0.3) is 0 Å². The van der Waals surface area contributed by atoms with E-state index in [4.69, 9.17) is 14.2 Å². The molecule has 452 valence electrons. The lowest BCUT2D eigenvalue weighted by molar-refractivity contribution is -0.167. The van der Waals surface area contributed by atoms with Crippen molar-refractivity contribution in [1.82, 2.24) is 0 Å². The van der Waals surface area contributed by atoms with Gasteiger partial charge >= 0.3 is 17.9 Å². The van der Waals surface area contributed by atoms with E-state index in [1.54, 1.807) is 0 Å². The SMILES string of the molecule is CC/C=C\C/C=C\C/C=C\C/C=C\C/C=C\C/C=C\C/C=C\CCCCCCCCCCCC(=O)OCC(COC(=O)CCCCCCCCCCCCC)OC(=O)CCCCCCCCCCC/C=C\C/C=C\CCCCC. The minimum absolute atomic E-state index is 0.0789. The third-order valence-electron chi connectivity index (χ3n) is 14.3. The molecule has 0 spiro atoms. The number of rotatable bonds is 60. The van der Waals surface area contributed by atoms with E-state index < -0.39 is 6.10 Å². The van der Waals surface area contributed by atoms with E-state index in [9.17, 15) is 14.4 Å². The molecule has 0 rings (SSSR count). The Kier molecular flexibility index (Phi) is 63.3. The molecule has 79 heavy (non-hydrogen) atoms. The Labute approximate surface area is 489 Å². The molecule has 0 radical (unpaired) electrons. The second kappa shape index (κ2) is 66.6. The molecule has 0 aromatic carbocycles. The third kappa shape index (κ3) is 64.8. The molecular formula is C73H124O6. The van der Waals surface area contributed by atoms with Crippen LogP contribution in [0.1, 0.15) is 316 Å². The number of esters is 3. The van der Waals surface area contributed by atoms with Gasteiger partial charge in [0.15, 0.2) is 6.10 Å².